The maximum atomic E-state index is 12.7. The van der Waals surface area contributed by atoms with Crippen LogP contribution in [0, 0.1) is 11.8 Å². The number of carbonyl (C=O) groups excluding carboxylic acids is 2. The minimum atomic E-state index is -3.70. The molecule has 26 heavy (non-hydrogen) atoms. The molecule has 2 fully saturated rings. The Morgan fingerprint density at radius 2 is 1.81 bits per heavy atom. The van der Waals surface area contributed by atoms with Gasteiger partial charge in [0.25, 0.3) is 5.91 Å². The van der Waals surface area contributed by atoms with Crippen LogP contribution in [0.5, 0.6) is 0 Å². The summed E-state index contributed by atoms with van der Waals surface area (Å²) in [6, 6.07) is 6.28. The van der Waals surface area contributed by atoms with Crippen LogP contribution in [0.15, 0.2) is 29.2 Å². The zero-order valence-corrected chi connectivity index (χ0v) is 16.0. The largest absolute Gasteiger partial charge is 0.455 e. The lowest BCUT2D eigenvalue weighted by atomic mass is 10.3. The molecule has 1 aromatic rings. The molecule has 1 aliphatic heterocycles. The van der Waals surface area contributed by atoms with Crippen molar-refractivity contribution in [3.05, 3.63) is 29.3 Å². The molecule has 0 bridgehead atoms. The monoisotopic (exact) mass is 400 g/mol. The number of ether oxygens (including phenoxy) is 1. The molecule has 0 radical (unpaired) electrons. The van der Waals surface area contributed by atoms with Crippen molar-refractivity contribution in [1.29, 1.82) is 0 Å². The smallest absolute Gasteiger partial charge is 0.309 e. The van der Waals surface area contributed by atoms with E-state index in [2.05, 4.69) is 0 Å². The maximum absolute atomic E-state index is 12.7. The summed E-state index contributed by atoms with van der Waals surface area (Å²) < 4.78 is 31.7. The lowest BCUT2D eigenvalue weighted by molar-refractivity contribution is -0.153. The van der Waals surface area contributed by atoms with E-state index in [1.807, 2.05) is 6.92 Å². The lowest BCUT2D eigenvalue weighted by Gasteiger charge is -2.34. The van der Waals surface area contributed by atoms with Crippen LogP contribution in [0.3, 0.4) is 0 Å². The number of nitrogens with zero attached hydrogens (tertiary/aromatic N) is 2. The second kappa shape index (κ2) is 7.54. The number of amides is 1. The van der Waals surface area contributed by atoms with Gasteiger partial charge in [0.05, 0.1) is 10.9 Å². The number of piperazine rings is 1. The quantitative estimate of drug-likeness (QED) is 0.697. The van der Waals surface area contributed by atoms with Crippen molar-refractivity contribution < 1.29 is 22.7 Å². The van der Waals surface area contributed by atoms with Gasteiger partial charge in [0.2, 0.25) is 10.0 Å². The zero-order valence-electron chi connectivity index (χ0n) is 14.4. The van der Waals surface area contributed by atoms with Gasteiger partial charge in [-0.05, 0) is 24.5 Å². The van der Waals surface area contributed by atoms with E-state index in [4.69, 9.17) is 16.3 Å². The highest BCUT2D eigenvalue weighted by Crippen LogP contribution is 2.38. The summed E-state index contributed by atoms with van der Waals surface area (Å²) in [4.78, 5) is 25.4. The maximum Gasteiger partial charge on any atom is 0.309 e. The number of rotatable bonds is 5. The van der Waals surface area contributed by atoms with Gasteiger partial charge in [-0.1, -0.05) is 30.7 Å². The molecule has 1 aromatic carbocycles. The molecule has 1 saturated carbocycles. The Hall–Kier alpha value is -1.64. The molecule has 1 aliphatic carbocycles. The predicted molar refractivity (Wildman–Crippen MR) is 95.0 cm³/mol. The SMILES string of the molecule is C[C@H]1C[C@@H]1C(=O)OCC(=O)N1CCN(S(=O)(=O)c2ccccc2Cl)CC1. The van der Waals surface area contributed by atoms with Gasteiger partial charge >= 0.3 is 5.97 Å². The highest BCUT2D eigenvalue weighted by Gasteiger charge is 2.41. The summed E-state index contributed by atoms with van der Waals surface area (Å²) in [6.07, 6.45) is 0.811. The Bertz CT molecular complexity index is 805. The summed E-state index contributed by atoms with van der Waals surface area (Å²) in [5, 5.41) is 0.173. The van der Waals surface area contributed by atoms with Crippen molar-refractivity contribution in [2.24, 2.45) is 11.8 Å². The molecule has 2 atom stereocenters. The van der Waals surface area contributed by atoms with E-state index in [1.165, 1.54) is 21.3 Å². The lowest BCUT2D eigenvalue weighted by Crippen LogP contribution is -2.51. The van der Waals surface area contributed by atoms with E-state index in [-0.39, 0.29) is 60.5 Å². The summed E-state index contributed by atoms with van der Waals surface area (Å²) >= 11 is 6.00. The number of halogens is 1. The summed E-state index contributed by atoms with van der Waals surface area (Å²) in [6.45, 7) is 2.52. The van der Waals surface area contributed by atoms with Gasteiger partial charge in [-0.3, -0.25) is 9.59 Å². The Morgan fingerprint density at radius 3 is 2.38 bits per heavy atom. The first-order chi connectivity index (χ1) is 12.3. The molecule has 1 amide bonds. The molecular formula is C17H21ClN2O5S. The van der Waals surface area contributed by atoms with Crippen LogP contribution in [0.25, 0.3) is 0 Å². The Labute approximate surface area is 157 Å². The van der Waals surface area contributed by atoms with Crippen molar-refractivity contribution >= 4 is 33.5 Å². The predicted octanol–water partition coefficient (Wildman–Crippen LogP) is 1.37. The first-order valence-corrected chi connectivity index (χ1v) is 10.3. The van der Waals surface area contributed by atoms with Crippen molar-refractivity contribution in [3.8, 4) is 0 Å². The van der Waals surface area contributed by atoms with Gasteiger partial charge in [0.1, 0.15) is 4.90 Å². The van der Waals surface area contributed by atoms with Gasteiger partial charge in [-0.25, -0.2) is 8.42 Å². The first kappa shape index (κ1) is 19.1. The van der Waals surface area contributed by atoms with Gasteiger partial charge < -0.3 is 9.64 Å². The van der Waals surface area contributed by atoms with E-state index >= 15 is 0 Å². The molecule has 142 valence electrons. The molecule has 7 nitrogen and oxygen atoms in total. The van der Waals surface area contributed by atoms with Crippen LogP contribution in [-0.4, -0.2) is 62.3 Å². The Morgan fingerprint density at radius 1 is 1.19 bits per heavy atom. The zero-order chi connectivity index (χ0) is 18.9. The van der Waals surface area contributed by atoms with Crippen LogP contribution >= 0.6 is 11.6 Å². The number of hydrogen-bond donors (Lipinski definition) is 0. The van der Waals surface area contributed by atoms with Crippen LogP contribution in [-0.2, 0) is 24.3 Å². The van der Waals surface area contributed by atoms with Gasteiger partial charge in [0.15, 0.2) is 6.61 Å². The molecule has 1 heterocycles. The summed E-state index contributed by atoms with van der Waals surface area (Å²) in [7, 11) is -3.70. The molecule has 2 aliphatic rings. The average molecular weight is 401 g/mol. The summed E-state index contributed by atoms with van der Waals surface area (Å²) in [5.74, 6) is -0.385. The van der Waals surface area contributed by atoms with Crippen LogP contribution < -0.4 is 0 Å². The number of carbonyl (C=O) groups is 2. The van der Waals surface area contributed by atoms with E-state index in [0.717, 1.165) is 6.42 Å². The third kappa shape index (κ3) is 4.02. The number of hydrogen-bond acceptors (Lipinski definition) is 5. The fourth-order valence-corrected chi connectivity index (χ4v) is 4.87. The minimum Gasteiger partial charge on any atom is -0.455 e. The van der Waals surface area contributed by atoms with Gasteiger partial charge in [-0.2, -0.15) is 4.31 Å². The Kier molecular flexibility index (Phi) is 5.55. The summed E-state index contributed by atoms with van der Waals surface area (Å²) in [5.41, 5.74) is 0. The normalized spacial score (nSPS) is 23.5. The number of sulfonamides is 1. The molecule has 9 heteroatoms. The van der Waals surface area contributed by atoms with E-state index in [1.54, 1.807) is 12.1 Å². The van der Waals surface area contributed by atoms with E-state index in [0.29, 0.717) is 5.92 Å². The highest BCUT2D eigenvalue weighted by molar-refractivity contribution is 7.89. The van der Waals surface area contributed by atoms with E-state index in [9.17, 15) is 18.0 Å². The third-order valence-corrected chi connectivity index (χ3v) is 7.19. The molecular weight excluding hydrogens is 380 g/mol. The van der Waals surface area contributed by atoms with Gasteiger partial charge in [-0.15, -0.1) is 0 Å². The fourth-order valence-electron chi connectivity index (χ4n) is 2.95. The van der Waals surface area contributed by atoms with Crippen molar-refractivity contribution in [3.63, 3.8) is 0 Å². The van der Waals surface area contributed by atoms with Gasteiger partial charge in [0, 0.05) is 26.2 Å². The highest BCUT2D eigenvalue weighted by atomic mass is 35.5. The average Bonchev–Trinajstić information content (AvgIpc) is 3.36. The van der Waals surface area contributed by atoms with Crippen LogP contribution in [0.4, 0.5) is 0 Å². The molecule has 0 N–H and O–H groups in total. The number of esters is 1. The molecule has 0 aromatic heterocycles. The van der Waals surface area contributed by atoms with Crippen molar-refractivity contribution in [2.45, 2.75) is 18.2 Å². The second-order valence-corrected chi connectivity index (χ2v) is 8.96. The first-order valence-electron chi connectivity index (χ1n) is 8.50. The minimum absolute atomic E-state index is 0.0638. The molecule has 0 spiro atoms. The number of benzene rings is 1. The molecule has 3 rings (SSSR count). The standard InChI is InChI=1S/C17H21ClN2O5S/c1-12-10-13(12)17(22)25-11-16(21)19-6-8-20(9-7-19)26(23,24)15-5-3-2-4-14(15)18/h2-5,12-13H,6-11H2,1H3/t12-,13-/m0/s1. The fraction of sp³-hybridized carbons (Fsp3) is 0.529. The second-order valence-electron chi connectivity index (χ2n) is 6.64. The molecule has 1 saturated heterocycles. The van der Waals surface area contributed by atoms with Crippen molar-refractivity contribution in [2.75, 3.05) is 32.8 Å². The van der Waals surface area contributed by atoms with Crippen molar-refractivity contribution in [1.82, 2.24) is 9.21 Å². The Balaban J connectivity index is 1.53. The third-order valence-electron chi connectivity index (χ3n) is 4.80. The van der Waals surface area contributed by atoms with Crippen LogP contribution in [0.2, 0.25) is 5.02 Å². The molecule has 0 unspecified atom stereocenters. The van der Waals surface area contributed by atoms with Crippen LogP contribution in [0.1, 0.15) is 13.3 Å². The topological polar surface area (TPSA) is 84.0 Å². The van der Waals surface area contributed by atoms with E-state index < -0.39 is 10.0 Å².